The summed E-state index contributed by atoms with van der Waals surface area (Å²) in [6.45, 7) is 4.69. The molecule has 94 valence electrons. The molecule has 17 heavy (non-hydrogen) atoms. The number of hydrogen-bond acceptors (Lipinski definition) is 2. The third kappa shape index (κ3) is 3.43. The molecule has 3 nitrogen and oxygen atoms in total. The van der Waals surface area contributed by atoms with Crippen LogP contribution in [0.5, 0.6) is 0 Å². The Bertz CT molecular complexity index is 435. The number of nitrogens with zero attached hydrogens (tertiary/aromatic N) is 1. The molecule has 0 aliphatic rings. The van der Waals surface area contributed by atoms with Gasteiger partial charge in [0.2, 0.25) is 0 Å². The van der Waals surface area contributed by atoms with Crippen LogP contribution >= 0.6 is 15.9 Å². The molecule has 0 aliphatic carbocycles. The molecule has 0 aliphatic heterocycles. The predicted octanol–water partition coefficient (Wildman–Crippen LogP) is 2.90. The summed E-state index contributed by atoms with van der Waals surface area (Å²) in [5.74, 6) is -0.322. The van der Waals surface area contributed by atoms with Gasteiger partial charge in [-0.25, -0.2) is 4.39 Å². The molecule has 5 heteroatoms. The number of amides is 1. The van der Waals surface area contributed by atoms with Crippen LogP contribution in [0.4, 0.5) is 10.1 Å². The van der Waals surface area contributed by atoms with Crippen molar-refractivity contribution >= 4 is 27.5 Å². The minimum Gasteiger partial charge on any atom is -0.396 e. The third-order valence-corrected chi connectivity index (χ3v) is 2.96. The Labute approximate surface area is 109 Å². The van der Waals surface area contributed by atoms with E-state index in [4.69, 9.17) is 5.73 Å². The first-order valence-corrected chi connectivity index (χ1v) is 6.12. The highest BCUT2D eigenvalue weighted by atomic mass is 79.9. The second-order valence-electron chi connectivity index (χ2n) is 4.43. The number of nitrogens with two attached hydrogens (primary N) is 1. The Balaban J connectivity index is 3.00. The maximum atomic E-state index is 13.2. The highest BCUT2D eigenvalue weighted by Gasteiger charge is 2.17. The molecule has 1 rings (SSSR count). The average molecular weight is 303 g/mol. The summed E-state index contributed by atoms with van der Waals surface area (Å²) in [6, 6.07) is 2.57. The summed E-state index contributed by atoms with van der Waals surface area (Å²) < 4.78 is 13.6. The van der Waals surface area contributed by atoms with Gasteiger partial charge < -0.3 is 10.6 Å². The maximum Gasteiger partial charge on any atom is 0.254 e. The Morgan fingerprint density at radius 3 is 2.65 bits per heavy atom. The molecule has 0 heterocycles. The predicted molar refractivity (Wildman–Crippen MR) is 70.3 cm³/mol. The van der Waals surface area contributed by atoms with Crippen molar-refractivity contribution < 1.29 is 9.18 Å². The molecule has 1 aromatic rings. The number of carbonyl (C=O) groups is 1. The van der Waals surface area contributed by atoms with Gasteiger partial charge in [0.25, 0.3) is 5.91 Å². The number of carbonyl (C=O) groups excluding carboxylic acids is 1. The van der Waals surface area contributed by atoms with Crippen molar-refractivity contribution in [2.24, 2.45) is 5.92 Å². The second-order valence-corrected chi connectivity index (χ2v) is 5.29. The molecule has 0 radical (unpaired) electrons. The fraction of sp³-hybridized carbons (Fsp3) is 0.417. The van der Waals surface area contributed by atoms with Crippen molar-refractivity contribution in [3.8, 4) is 0 Å². The van der Waals surface area contributed by atoms with Crippen LogP contribution in [0.1, 0.15) is 24.2 Å². The molecule has 2 N–H and O–H groups in total. The normalized spacial score (nSPS) is 10.7. The first kappa shape index (κ1) is 14.0. The number of halogens is 2. The molecule has 1 aromatic carbocycles. The van der Waals surface area contributed by atoms with Gasteiger partial charge in [-0.15, -0.1) is 0 Å². The zero-order valence-corrected chi connectivity index (χ0v) is 11.7. The maximum absolute atomic E-state index is 13.2. The molecule has 0 fully saturated rings. The lowest BCUT2D eigenvalue weighted by Crippen LogP contribution is -2.30. The Kier molecular flexibility index (Phi) is 4.51. The summed E-state index contributed by atoms with van der Waals surface area (Å²) in [5, 5.41) is 0. The highest BCUT2D eigenvalue weighted by Crippen LogP contribution is 2.24. The van der Waals surface area contributed by atoms with Crippen LogP contribution in [0.2, 0.25) is 0 Å². The summed E-state index contributed by atoms with van der Waals surface area (Å²) >= 11 is 3.17. The third-order valence-electron chi connectivity index (χ3n) is 2.30. The van der Waals surface area contributed by atoms with E-state index < -0.39 is 5.82 Å². The fourth-order valence-corrected chi connectivity index (χ4v) is 2.05. The van der Waals surface area contributed by atoms with Crippen LogP contribution in [0.15, 0.2) is 16.6 Å². The van der Waals surface area contributed by atoms with Crippen LogP contribution in [0.3, 0.4) is 0 Å². The summed E-state index contributed by atoms with van der Waals surface area (Å²) in [5.41, 5.74) is 5.82. The minimum atomic E-state index is -0.528. The quantitative estimate of drug-likeness (QED) is 0.873. The van der Waals surface area contributed by atoms with Crippen LogP contribution < -0.4 is 5.73 Å². The molecule has 0 saturated heterocycles. The Morgan fingerprint density at radius 1 is 1.53 bits per heavy atom. The van der Waals surface area contributed by atoms with Gasteiger partial charge in [-0.2, -0.15) is 0 Å². The fourth-order valence-electron chi connectivity index (χ4n) is 1.57. The van der Waals surface area contributed by atoms with Gasteiger partial charge in [0.15, 0.2) is 0 Å². The van der Waals surface area contributed by atoms with E-state index in [1.165, 1.54) is 12.1 Å². The first-order valence-electron chi connectivity index (χ1n) is 5.33. The number of hydrogen-bond donors (Lipinski definition) is 1. The lowest BCUT2D eigenvalue weighted by Gasteiger charge is -2.20. The molecule has 0 saturated carbocycles. The van der Waals surface area contributed by atoms with E-state index in [1.54, 1.807) is 11.9 Å². The van der Waals surface area contributed by atoms with Crippen LogP contribution in [0, 0.1) is 11.7 Å². The van der Waals surface area contributed by atoms with Crippen molar-refractivity contribution in [1.82, 2.24) is 4.90 Å². The molecule has 0 aromatic heterocycles. The zero-order chi connectivity index (χ0) is 13.2. The average Bonchev–Trinajstić information content (AvgIpc) is 2.21. The summed E-state index contributed by atoms with van der Waals surface area (Å²) in [7, 11) is 1.72. The summed E-state index contributed by atoms with van der Waals surface area (Å²) in [4.78, 5) is 13.7. The first-order chi connectivity index (χ1) is 7.82. The van der Waals surface area contributed by atoms with E-state index in [9.17, 15) is 9.18 Å². The standard InChI is InChI=1S/C12H16BrFN2O/c1-7(2)6-16(3)12(17)8-4-11(15)10(14)5-9(8)13/h4-5,7H,6,15H2,1-3H3. The van der Waals surface area contributed by atoms with Crippen molar-refractivity contribution in [2.75, 3.05) is 19.3 Å². The van der Waals surface area contributed by atoms with Gasteiger partial charge in [-0.3, -0.25) is 4.79 Å². The monoisotopic (exact) mass is 302 g/mol. The summed E-state index contributed by atoms with van der Waals surface area (Å²) in [6.07, 6.45) is 0. The molecular formula is C12H16BrFN2O. The largest absolute Gasteiger partial charge is 0.396 e. The molecule has 0 spiro atoms. The topological polar surface area (TPSA) is 46.3 Å². The molecule has 0 bridgehead atoms. The second kappa shape index (κ2) is 5.49. The lowest BCUT2D eigenvalue weighted by molar-refractivity contribution is 0.0778. The molecule has 0 atom stereocenters. The highest BCUT2D eigenvalue weighted by molar-refractivity contribution is 9.10. The SMILES string of the molecule is CC(C)CN(C)C(=O)c1cc(N)c(F)cc1Br. The van der Waals surface area contributed by atoms with Gasteiger partial charge in [-0.1, -0.05) is 13.8 Å². The van der Waals surface area contributed by atoms with Crippen LogP contribution in [-0.4, -0.2) is 24.4 Å². The molecule has 0 unspecified atom stereocenters. The number of nitrogen functional groups attached to an aromatic ring is 1. The van der Waals surface area contributed by atoms with Crippen molar-refractivity contribution in [3.63, 3.8) is 0 Å². The van der Waals surface area contributed by atoms with Crippen LogP contribution in [0.25, 0.3) is 0 Å². The van der Waals surface area contributed by atoms with E-state index in [2.05, 4.69) is 15.9 Å². The zero-order valence-electron chi connectivity index (χ0n) is 10.1. The van der Waals surface area contributed by atoms with E-state index in [1.807, 2.05) is 13.8 Å². The van der Waals surface area contributed by atoms with Crippen molar-refractivity contribution in [1.29, 1.82) is 0 Å². The van der Waals surface area contributed by atoms with Gasteiger partial charge in [-0.05, 0) is 34.0 Å². The van der Waals surface area contributed by atoms with Crippen molar-refractivity contribution in [2.45, 2.75) is 13.8 Å². The van der Waals surface area contributed by atoms with Gasteiger partial charge >= 0.3 is 0 Å². The van der Waals surface area contributed by atoms with E-state index in [-0.39, 0.29) is 11.6 Å². The minimum absolute atomic E-state index is 0.0190. The Morgan fingerprint density at radius 2 is 2.12 bits per heavy atom. The van der Waals surface area contributed by atoms with E-state index in [0.717, 1.165) is 0 Å². The van der Waals surface area contributed by atoms with Crippen molar-refractivity contribution in [3.05, 3.63) is 28.0 Å². The van der Waals surface area contributed by atoms with E-state index >= 15 is 0 Å². The van der Waals surface area contributed by atoms with Gasteiger partial charge in [0.05, 0.1) is 11.3 Å². The molecular weight excluding hydrogens is 287 g/mol. The van der Waals surface area contributed by atoms with Gasteiger partial charge in [0.1, 0.15) is 5.82 Å². The number of rotatable bonds is 3. The van der Waals surface area contributed by atoms with E-state index in [0.29, 0.717) is 22.5 Å². The number of anilines is 1. The number of benzene rings is 1. The van der Waals surface area contributed by atoms with Crippen LogP contribution in [-0.2, 0) is 0 Å². The molecule has 1 amide bonds. The van der Waals surface area contributed by atoms with Gasteiger partial charge in [0, 0.05) is 18.1 Å². The smallest absolute Gasteiger partial charge is 0.254 e. The lowest BCUT2D eigenvalue weighted by atomic mass is 10.1. The Hall–Kier alpha value is -1.10.